The number of hydrogen-bond donors (Lipinski definition) is 1. The Kier molecular flexibility index (Phi) is 2.17. The minimum absolute atomic E-state index is 0.129. The van der Waals surface area contributed by atoms with Crippen molar-refractivity contribution in [3.8, 4) is 0 Å². The van der Waals surface area contributed by atoms with Gasteiger partial charge in [-0.2, -0.15) is 0 Å². The summed E-state index contributed by atoms with van der Waals surface area (Å²) in [6.45, 7) is 0.179. The van der Waals surface area contributed by atoms with Crippen molar-refractivity contribution in [3.63, 3.8) is 0 Å². The molecular formula is C8H14N2O. The van der Waals surface area contributed by atoms with Gasteiger partial charge in [0.15, 0.2) is 0 Å². The lowest BCUT2D eigenvalue weighted by Gasteiger charge is -1.99. The summed E-state index contributed by atoms with van der Waals surface area (Å²) in [6, 6.07) is 0. The van der Waals surface area contributed by atoms with Crippen molar-refractivity contribution in [1.82, 2.24) is 9.55 Å². The molecule has 1 N–H and O–H groups in total. The Bertz CT molecular complexity index is 286. The van der Waals surface area contributed by atoms with Crippen LogP contribution < -0.4 is 0 Å². The maximum atomic E-state index is 8.58. The number of aliphatic hydroxyl groups is 1. The molecule has 0 aromatic carbocycles. The quantitative estimate of drug-likeness (QED) is 0.653. The van der Waals surface area contributed by atoms with Crippen molar-refractivity contribution in [1.29, 1.82) is 0 Å². The predicted molar refractivity (Wildman–Crippen MR) is 43.2 cm³/mol. The highest BCUT2D eigenvalue weighted by molar-refractivity contribution is 4.97. The molecule has 0 bridgehead atoms. The molecule has 62 valence electrons. The van der Waals surface area contributed by atoms with Gasteiger partial charge in [-0.3, -0.25) is 0 Å². The van der Waals surface area contributed by atoms with Gasteiger partial charge >= 0.3 is 0 Å². The van der Waals surface area contributed by atoms with Gasteiger partial charge in [-0.15, -0.1) is 0 Å². The van der Waals surface area contributed by atoms with E-state index in [2.05, 4.69) is 4.98 Å². The smallest absolute Gasteiger partial charge is 0.104 e. The van der Waals surface area contributed by atoms with Crippen LogP contribution in [0.4, 0.5) is 0 Å². The second kappa shape index (κ2) is 4.13. The molecule has 0 aliphatic heterocycles. The fraction of sp³-hybridized carbons (Fsp3) is 0.625. The number of aromatic nitrogens is 2. The first-order valence-corrected chi connectivity index (χ1v) is 3.76. The minimum Gasteiger partial charge on any atom is -0.396 e. The molecule has 0 aliphatic rings. The number of aliphatic hydroxyl groups excluding tert-OH is 1. The maximum Gasteiger partial charge on any atom is 0.104 e. The van der Waals surface area contributed by atoms with Crippen LogP contribution in [-0.4, -0.2) is 21.3 Å². The highest BCUT2D eigenvalue weighted by atomic mass is 16.2. The zero-order chi connectivity index (χ0) is 9.84. The fourth-order valence-electron chi connectivity index (χ4n) is 0.928. The third-order valence-electron chi connectivity index (χ3n) is 1.61. The summed E-state index contributed by atoms with van der Waals surface area (Å²) in [4.78, 5) is 3.72. The van der Waals surface area contributed by atoms with Gasteiger partial charge in [0.05, 0.1) is 7.67 Å². The topological polar surface area (TPSA) is 38.0 Å². The van der Waals surface area contributed by atoms with E-state index in [1.807, 2.05) is 0 Å². The molecule has 0 fully saturated rings. The lowest BCUT2D eigenvalue weighted by Crippen LogP contribution is -1.95. The Hall–Kier alpha value is -0.830. The van der Waals surface area contributed by atoms with Crippen molar-refractivity contribution >= 4 is 0 Å². The molecule has 1 rings (SSSR count). The molecule has 0 atom stereocenters. The van der Waals surface area contributed by atoms with Gasteiger partial charge in [-0.1, -0.05) is 0 Å². The third kappa shape index (κ3) is 2.35. The zero-order valence-electron chi connectivity index (χ0n) is 8.67. The van der Waals surface area contributed by atoms with Crippen LogP contribution in [-0.2, 0) is 13.5 Å². The van der Waals surface area contributed by atoms with Crippen molar-refractivity contribution in [2.75, 3.05) is 6.61 Å². The van der Waals surface area contributed by atoms with Crippen LogP contribution in [0.1, 0.15) is 21.3 Å². The summed E-state index contributed by atoms with van der Waals surface area (Å²) < 4.78 is 16.4. The van der Waals surface area contributed by atoms with E-state index in [0.717, 1.165) is 18.5 Å². The summed E-state index contributed by atoms with van der Waals surface area (Å²) in [7, 11) is 1.74. The van der Waals surface area contributed by atoms with Crippen LogP contribution in [0.5, 0.6) is 0 Å². The fourth-order valence-corrected chi connectivity index (χ4v) is 0.928. The summed E-state index contributed by atoms with van der Waals surface area (Å²) in [6.07, 6.45) is 2.59. The van der Waals surface area contributed by atoms with E-state index in [0.29, 0.717) is 6.42 Å². The molecule has 3 heteroatoms. The first-order valence-electron chi connectivity index (χ1n) is 4.76. The molecule has 0 unspecified atom stereocenters. The Morgan fingerprint density at radius 2 is 2.55 bits per heavy atom. The van der Waals surface area contributed by atoms with Crippen LogP contribution in [0.3, 0.4) is 0 Å². The molecule has 3 nitrogen and oxygen atoms in total. The van der Waals surface area contributed by atoms with E-state index < -0.39 is 0 Å². The van der Waals surface area contributed by atoms with Crippen LogP contribution in [0.25, 0.3) is 0 Å². The number of imidazole rings is 1. The Morgan fingerprint density at radius 1 is 1.73 bits per heavy atom. The highest BCUT2D eigenvalue weighted by Crippen LogP contribution is 2.02. The van der Waals surface area contributed by atoms with Crippen LogP contribution >= 0.6 is 0 Å². The second-order valence-corrected chi connectivity index (χ2v) is 2.51. The van der Waals surface area contributed by atoms with Gasteiger partial charge in [0.2, 0.25) is 0 Å². The Morgan fingerprint density at radius 3 is 3.09 bits per heavy atom. The normalized spacial score (nSPS) is 12.9. The molecule has 0 amide bonds. The number of hydrogen-bond acceptors (Lipinski definition) is 2. The van der Waals surface area contributed by atoms with Gasteiger partial charge in [0.1, 0.15) is 1.37 Å². The summed E-state index contributed by atoms with van der Waals surface area (Å²) in [5.41, 5.74) is 0.776. The molecule has 0 radical (unpaired) electrons. The molecule has 0 saturated heterocycles. The zero-order valence-corrected chi connectivity index (χ0v) is 6.67. The number of unbranched alkanes of at least 4 members (excludes halogenated alkanes) is 1. The van der Waals surface area contributed by atoms with E-state index >= 15 is 0 Å². The van der Waals surface area contributed by atoms with Crippen LogP contribution in [0.15, 0.2) is 12.5 Å². The first-order chi connectivity index (χ1) is 6.16. The van der Waals surface area contributed by atoms with Crippen molar-refractivity contribution in [2.45, 2.75) is 19.3 Å². The SMILES string of the molecule is [2H]c1nc([2H])n(C)c1CCCCO. The lowest BCUT2D eigenvalue weighted by molar-refractivity contribution is 0.284. The average Bonchev–Trinajstić information content (AvgIpc) is 2.32. The van der Waals surface area contributed by atoms with E-state index in [1.54, 1.807) is 11.6 Å². The van der Waals surface area contributed by atoms with Gasteiger partial charge in [0, 0.05) is 25.5 Å². The van der Waals surface area contributed by atoms with Gasteiger partial charge < -0.3 is 9.67 Å². The molecule has 1 heterocycles. The predicted octanol–water partition coefficient (Wildman–Crippen LogP) is 0.735. The maximum absolute atomic E-state index is 8.58. The summed E-state index contributed by atoms with van der Waals surface area (Å²) in [5, 5.41) is 8.58. The highest BCUT2D eigenvalue weighted by Gasteiger charge is 1.96. The molecule has 11 heavy (non-hydrogen) atoms. The monoisotopic (exact) mass is 156 g/mol. The molecule has 0 spiro atoms. The summed E-state index contributed by atoms with van der Waals surface area (Å²) >= 11 is 0. The van der Waals surface area contributed by atoms with Crippen molar-refractivity contribution in [2.24, 2.45) is 7.05 Å². The van der Waals surface area contributed by atoms with Crippen LogP contribution in [0, 0.1) is 0 Å². The summed E-state index contributed by atoms with van der Waals surface area (Å²) in [5.74, 6) is 0. The molecule has 1 aromatic heterocycles. The van der Waals surface area contributed by atoms with Gasteiger partial charge in [0.25, 0.3) is 0 Å². The lowest BCUT2D eigenvalue weighted by atomic mass is 10.2. The molecular weight excluding hydrogens is 140 g/mol. The average molecular weight is 156 g/mol. The second-order valence-electron chi connectivity index (χ2n) is 2.51. The molecule has 0 saturated carbocycles. The van der Waals surface area contributed by atoms with Gasteiger partial charge in [-0.05, 0) is 19.3 Å². The van der Waals surface area contributed by atoms with E-state index in [9.17, 15) is 0 Å². The minimum atomic E-state index is 0.129. The van der Waals surface area contributed by atoms with Crippen LogP contribution in [0.2, 0.25) is 0 Å². The number of rotatable bonds is 4. The largest absolute Gasteiger partial charge is 0.396 e. The first kappa shape index (κ1) is 5.77. The van der Waals surface area contributed by atoms with E-state index in [1.165, 1.54) is 0 Å². The molecule has 0 aliphatic carbocycles. The Balaban J connectivity index is 2.64. The van der Waals surface area contributed by atoms with Gasteiger partial charge in [-0.25, -0.2) is 4.98 Å². The van der Waals surface area contributed by atoms with E-state index in [4.69, 9.17) is 7.85 Å². The van der Waals surface area contributed by atoms with E-state index in [-0.39, 0.29) is 19.1 Å². The molecule has 1 aromatic rings. The van der Waals surface area contributed by atoms with Crippen molar-refractivity contribution < 1.29 is 7.85 Å². The standard InChI is InChI=1S/C8H14N2O/c1-10-7-9-6-8(10)4-2-3-5-11/h6-7,11H,2-5H2,1H3/i6D,7D. The number of nitrogens with zero attached hydrogens (tertiary/aromatic N) is 2. The van der Waals surface area contributed by atoms with Crippen molar-refractivity contribution in [3.05, 3.63) is 18.2 Å². The third-order valence-corrected chi connectivity index (χ3v) is 1.61. The Labute approximate surface area is 69.5 Å².